The third kappa shape index (κ3) is 3.16. The van der Waals surface area contributed by atoms with Crippen LogP contribution >= 0.6 is 11.6 Å². The molecule has 1 aromatic carbocycles. The first kappa shape index (κ1) is 14.1. The summed E-state index contributed by atoms with van der Waals surface area (Å²) < 4.78 is 4.99. The van der Waals surface area contributed by atoms with Gasteiger partial charge in [-0.25, -0.2) is 0 Å². The van der Waals surface area contributed by atoms with E-state index in [1.165, 1.54) is 13.2 Å². The fraction of sp³-hybridized carbons (Fsp3) is 0.0667. The van der Waals surface area contributed by atoms with Crippen molar-refractivity contribution >= 4 is 23.5 Å². The van der Waals surface area contributed by atoms with Gasteiger partial charge in [0.15, 0.2) is 11.5 Å². The van der Waals surface area contributed by atoms with Crippen molar-refractivity contribution < 1.29 is 14.6 Å². The molecule has 0 aliphatic carbocycles. The lowest BCUT2D eigenvalue weighted by Gasteiger charge is -2.06. The molecule has 0 aliphatic rings. The number of hydrogen-bond donors (Lipinski definition) is 1. The Morgan fingerprint density at radius 3 is 2.85 bits per heavy atom. The molecule has 0 radical (unpaired) electrons. The van der Waals surface area contributed by atoms with Gasteiger partial charge in [0.1, 0.15) is 5.69 Å². The van der Waals surface area contributed by atoms with Crippen LogP contribution in [0.3, 0.4) is 0 Å². The lowest BCUT2D eigenvalue weighted by Crippen LogP contribution is -1.96. The Hall–Kier alpha value is -2.33. The van der Waals surface area contributed by atoms with Crippen molar-refractivity contribution in [2.45, 2.75) is 0 Å². The monoisotopic (exact) mass is 289 g/mol. The van der Waals surface area contributed by atoms with Crippen LogP contribution in [0.25, 0.3) is 6.08 Å². The first-order chi connectivity index (χ1) is 9.61. The predicted molar refractivity (Wildman–Crippen MR) is 77.3 cm³/mol. The summed E-state index contributed by atoms with van der Waals surface area (Å²) in [5.41, 5.74) is 1.01. The van der Waals surface area contributed by atoms with Gasteiger partial charge in [0.2, 0.25) is 5.78 Å². The summed E-state index contributed by atoms with van der Waals surface area (Å²) in [7, 11) is 1.43. The molecule has 4 nitrogen and oxygen atoms in total. The zero-order chi connectivity index (χ0) is 14.5. The van der Waals surface area contributed by atoms with Gasteiger partial charge < -0.3 is 9.84 Å². The molecule has 0 bridgehead atoms. The topological polar surface area (TPSA) is 59.4 Å². The van der Waals surface area contributed by atoms with Crippen molar-refractivity contribution in [3.05, 3.63) is 58.9 Å². The van der Waals surface area contributed by atoms with E-state index >= 15 is 0 Å². The number of phenols is 1. The normalized spacial score (nSPS) is 10.7. The molecular formula is C15H12ClNO3. The van der Waals surface area contributed by atoms with Crippen LogP contribution in [0.4, 0.5) is 0 Å². The van der Waals surface area contributed by atoms with Crippen molar-refractivity contribution in [3.8, 4) is 11.5 Å². The Morgan fingerprint density at radius 2 is 2.20 bits per heavy atom. The number of methoxy groups -OCH3 is 1. The number of aromatic nitrogens is 1. The fourth-order valence-electron chi connectivity index (χ4n) is 1.61. The van der Waals surface area contributed by atoms with Crippen LogP contribution in [0.1, 0.15) is 16.1 Å². The standard InChI is InChI=1S/C15H12ClNO3/c1-20-14-9-10(8-11(16)15(14)19)5-6-13(18)12-4-2-3-7-17-12/h2-9,19H,1H3/b6-5+. The first-order valence-electron chi connectivity index (χ1n) is 5.81. The van der Waals surface area contributed by atoms with Crippen LogP contribution in [0, 0.1) is 0 Å². The number of nitrogens with zero attached hydrogens (tertiary/aromatic N) is 1. The van der Waals surface area contributed by atoms with E-state index in [-0.39, 0.29) is 22.3 Å². The van der Waals surface area contributed by atoms with Crippen LogP contribution < -0.4 is 4.74 Å². The van der Waals surface area contributed by atoms with E-state index in [0.29, 0.717) is 11.3 Å². The minimum Gasteiger partial charge on any atom is -0.503 e. The number of phenolic OH excluding ortho intramolecular Hbond substituents is 1. The number of ether oxygens (including phenoxy) is 1. The van der Waals surface area contributed by atoms with Crippen LogP contribution in [-0.2, 0) is 0 Å². The quantitative estimate of drug-likeness (QED) is 0.693. The molecule has 5 heteroatoms. The molecule has 0 aliphatic heterocycles. The number of benzene rings is 1. The maximum absolute atomic E-state index is 11.9. The largest absolute Gasteiger partial charge is 0.503 e. The smallest absolute Gasteiger partial charge is 0.204 e. The molecule has 0 saturated heterocycles. The summed E-state index contributed by atoms with van der Waals surface area (Å²) in [6, 6.07) is 8.25. The third-order valence-corrected chi connectivity index (χ3v) is 2.90. The van der Waals surface area contributed by atoms with Gasteiger partial charge in [-0.2, -0.15) is 0 Å². The van der Waals surface area contributed by atoms with Gasteiger partial charge in [0, 0.05) is 6.20 Å². The van der Waals surface area contributed by atoms with E-state index in [4.69, 9.17) is 16.3 Å². The van der Waals surface area contributed by atoms with E-state index in [9.17, 15) is 9.90 Å². The van der Waals surface area contributed by atoms with Crippen molar-refractivity contribution in [3.63, 3.8) is 0 Å². The maximum atomic E-state index is 11.9. The number of hydrogen-bond acceptors (Lipinski definition) is 4. The van der Waals surface area contributed by atoms with Crippen LogP contribution in [0.15, 0.2) is 42.6 Å². The summed E-state index contributed by atoms with van der Waals surface area (Å²) >= 11 is 5.87. The fourth-order valence-corrected chi connectivity index (χ4v) is 1.83. The lowest BCUT2D eigenvalue weighted by atomic mass is 10.1. The van der Waals surface area contributed by atoms with Crippen LogP contribution in [-0.4, -0.2) is 23.0 Å². The minimum atomic E-state index is -0.214. The second-order valence-corrected chi connectivity index (χ2v) is 4.37. The number of rotatable bonds is 4. The number of pyridine rings is 1. The zero-order valence-electron chi connectivity index (χ0n) is 10.7. The first-order valence-corrected chi connectivity index (χ1v) is 6.19. The SMILES string of the molecule is COc1cc(/C=C/C(=O)c2ccccn2)cc(Cl)c1O. The van der Waals surface area contributed by atoms with Gasteiger partial charge in [0.25, 0.3) is 0 Å². The average molecular weight is 290 g/mol. The highest BCUT2D eigenvalue weighted by molar-refractivity contribution is 6.32. The predicted octanol–water partition coefficient (Wildman–Crippen LogP) is 3.35. The van der Waals surface area contributed by atoms with Gasteiger partial charge in [-0.05, 0) is 35.9 Å². The van der Waals surface area contributed by atoms with Crippen molar-refractivity contribution in [1.82, 2.24) is 4.98 Å². The van der Waals surface area contributed by atoms with Crippen LogP contribution in [0.5, 0.6) is 11.5 Å². The minimum absolute atomic E-state index is 0.123. The molecule has 0 saturated carbocycles. The van der Waals surface area contributed by atoms with E-state index in [1.54, 1.807) is 42.6 Å². The van der Waals surface area contributed by atoms with Crippen molar-refractivity contribution in [1.29, 1.82) is 0 Å². The summed E-state index contributed by atoms with van der Waals surface area (Å²) in [5, 5.41) is 9.78. The second-order valence-electron chi connectivity index (χ2n) is 3.97. The van der Waals surface area contributed by atoms with E-state index in [0.717, 1.165) is 0 Å². The Balaban J connectivity index is 2.24. The highest BCUT2D eigenvalue weighted by atomic mass is 35.5. The van der Waals surface area contributed by atoms with Gasteiger partial charge in [0.05, 0.1) is 12.1 Å². The number of ketones is 1. The molecule has 0 spiro atoms. The number of allylic oxidation sites excluding steroid dienone is 1. The summed E-state index contributed by atoms with van der Waals surface area (Å²) in [6.45, 7) is 0. The number of carbonyl (C=O) groups excluding carboxylic acids is 1. The molecule has 2 rings (SSSR count). The van der Waals surface area contributed by atoms with E-state index < -0.39 is 0 Å². The Kier molecular flexibility index (Phi) is 4.38. The maximum Gasteiger partial charge on any atom is 0.204 e. The van der Waals surface area contributed by atoms with Crippen LogP contribution in [0.2, 0.25) is 5.02 Å². The molecule has 20 heavy (non-hydrogen) atoms. The number of aromatic hydroxyl groups is 1. The third-order valence-electron chi connectivity index (χ3n) is 2.62. The van der Waals surface area contributed by atoms with E-state index in [1.807, 2.05) is 0 Å². The Labute approximate surface area is 121 Å². The van der Waals surface area contributed by atoms with Gasteiger partial charge in [-0.15, -0.1) is 0 Å². The molecule has 1 aromatic heterocycles. The highest BCUT2D eigenvalue weighted by Gasteiger charge is 2.08. The molecular weight excluding hydrogens is 278 g/mol. The molecule has 0 amide bonds. The molecule has 1 heterocycles. The Morgan fingerprint density at radius 1 is 1.40 bits per heavy atom. The summed E-state index contributed by atoms with van der Waals surface area (Å²) in [5.74, 6) is -0.0847. The van der Waals surface area contributed by atoms with Crippen molar-refractivity contribution in [2.75, 3.05) is 7.11 Å². The number of halogens is 1. The molecule has 0 unspecified atom stereocenters. The molecule has 1 N–H and O–H groups in total. The Bertz CT molecular complexity index is 654. The highest BCUT2D eigenvalue weighted by Crippen LogP contribution is 2.35. The average Bonchev–Trinajstić information content (AvgIpc) is 2.48. The molecule has 2 aromatic rings. The van der Waals surface area contributed by atoms with E-state index in [2.05, 4.69) is 4.98 Å². The summed E-state index contributed by atoms with van der Waals surface area (Å²) in [4.78, 5) is 15.8. The number of carbonyl (C=O) groups is 1. The molecule has 0 fully saturated rings. The second kappa shape index (κ2) is 6.21. The lowest BCUT2D eigenvalue weighted by molar-refractivity contribution is 0.104. The van der Waals surface area contributed by atoms with Gasteiger partial charge in [-0.3, -0.25) is 9.78 Å². The van der Waals surface area contributed by atoms with Gasteiger partial charge >= 0.3 is 0 Å². The summed E-state index contributed by atoms with van der Waals surface area (Å²) in [6.07, 6.45) is 4.54. The molecule has 0 atom stereocenters. The molecule has 102 valence electrons. The van der Waals surface area contributed by atoms with Gasteiger partial charge in [-0.1, -0.05) is 23.7 Å². The van der Waals surface area contributed by atoms with Crippen molar-refractivity contribution in [2.24, 2.45) is 0 Å². The zero-order valence-corrected chi connectivity index (χ0v) is 11.5.